The number of aliphatic hydroxyl groups excluding tert-OH is 1. The van der Waals surface area contributed by atoms with E-state index < -0.39 is 0 Å². The maximum atomic E-state index is 13.4. The predicted molar refractivity (Wildman–Crippen MR) is 115 cm³/mol. The van der Waals surface area contributed by atoms with Gasteiger partial charge in [0.2, 0.25) is 5.65 Å². The van der Waals surface area contributed by atoms with Crippen LogP contribution in [-0.2, 0) is 6.54 Å². The Morgan fingerprint density at radius 2 is 2.00 bits per heavy atom. The number of amides is 1. The van der Waals surface area contributed by atoms with E-state index in [1.807, 2.05) is 36.5 Å². The van der Waals surface area contributed by atoms with Crippen LogP contribution in [0.25, 0.3) is 16.9 Å². The molecule has 1 saturated carbocycles. The van der Waals surface area contributed by atoms with Crippen molar-refractivity contribution >= 4 is 11.6 Å². The van der Waals surface area contributed by atoms with Gasteiger partial charge in [-0.1, -0.05) is 12.2 Å². The molecule has 160 valence electrons. The molecule has 0 radical (unpaired) electrons. The minimum atomic E-state index is -0.362. The zero-order valence-electron chi connectivity index (χ0n) is 17.3. The smallest absolute Gasteiger partial charge is 0.294 e. The summed E-state index contributed by atoms with van der Waals surface area (Å²) < 4.78 is 8.65. The second kappa shape index (κ2) is 7.70. The first-order valence-electron chi connectivity index (χ1n) is 10.4. The molecule has 31 heavy (non-hydrogen) atoms. The average molecular weight is 420 g/mol. The van der Waals surface area contributed by atoms with Gasteiger partial charge in [-0.3, -0.25) is 14.0 Å². The highest BCUT2D eigenvalue weighted by Crippen LogP contribution is 2.32. The summed E-state index contributed by atoms with van der Waals surface area (Å²) >= 11 is 0. The Hall–Kier alpha value is -3.39. The monoisotopic (exact) mass is 420 g/mol. The fourth-order valence-corrected chi connectivity index (χ4v) is 4.03. The summed E-state index contributed by atoms with van der Waals surface area (Å²) in [6.45, 7) is 0.905. The number of carbonyl (C=O) groups excluding carboxylic acids is 1. The van der Waals surface area contributed by atoms with Crippen molar-refractivity contribution in [2.45, 2.75) is 25.4 Å². The molecule has 0 bridgehead atoms. The van der Waals surface area contributed by atoms with Crippen molar-refractivity contribution in [3.63, 3.8) is 0 Å². The molecule has 1 aliphatic heterocycles. The van der Waals surface area contributed by atoms with Crippen molar-refractivity contribution in [3.05, 3.63) is 64.9 Å². The van der Waals surface area contributed by atoms with Gasteiger partial charge in [0.1, 0.15) is 11.4 Å². The van der Waals surface area contributed by atoms with Crippen molar-refractivity contribution in [2.75, 3.05) is 20.3 Å². The summed E-state index contributed by atoms with van der Waals surface area (Å²) in [5.41, 5.74) is 1.89. The maximum Gasteiger partial charge on any atom is 0.294 e. The summed E-state index contributed by atoms with van der Waals surface area (Å²) in [7, 11) is 1.62. The van der Waals surface area contributed by atoms with Gasteiger partial charge in [-0.2, -0.15) is 0 Å². The molecule has 1 amide bonds. The van der Waals surface area contributed by atoms with Gasteiger partial charge in [0, 0.05) is 31.0 Å². The second-order valence-corrected chi connectivity index (χ2v) is 8.09. The number of rotatable bonds is 6. The third-order valence-corrected chi connectivity index (χ3v) is 5.97. The van der Waals surface area contributed by atoms with Gasteiger partial charge in [0.15, 0.2) is 0 Å². The fraction of sp³-hybridized carbons (Fsp3) is 0.348. The molecule has 3 heterocycles. The number of fused-ring (bicyclic) bond motifs is 1. The molecular weight excluding hydrogens is 396 g/mol. The van der Waals surface area contributed by atoms with Crippen molar-refractivity contribution in [1.29, 1.82) is 0 Å². The number of aromatic nitrogens is 3. The van der Waals surface area contributed by atoms with E-state index in [1.54, 1.807) is 33.3 Å². The first-order valence-corrected chi connectivity index (χ1v) is 10.4. The van der Waals surface area contributed by atoms with Gasteiger partial charge in [0.05, 0.1) is 25.5 Å². The van der Waals surface area contributed by atoms with Gasteiger partial charge < -0.3 is 19.3 Å². The highest BCUT2D eigenvalue weighted by Gasteiger charge is 2.28. The van der Waals surface area contributed by atoms with E-state index in [2.05, 4.69) is 4.98 Å². The van der Waals surface area contributed by atoms with Crippen LogP contribution in [-0.4, -0.2) is 56.2 Å². The van der Waals surface area contributed by atoms with E-state index >= 15 is 0 Å². The minimum absolute atomic E-state index is 0.147. The molecular formula is C23H24N4O4. The SMILES string of the molecule is COc1ccc(-c2cn3cc(C(=O)N4CC=CC4CO)nc3c(=O)n2CC2CC2)cc1. The fourth-order valence-electron chi connectivity index (χ4n) is 4.03. The van der Waals surface area contributed by atoms with Gasteiger partial charge in [-0.05, 0) is 43.0 Å². The highest BCUT2D eigenvalue weighted by molar-refractivity contribution is 5.93. The number of hydrogen-bond donors (Lipinski definition) is 1. The van der Waals surface area contributed by atoms with Crippen LogP contribution in [0, 0.1) is 5.92 Å². The molecule has 0 spiro atoms. The van der Waals surface area contributed by atoms with E-state index in [0.717, 1.165) is 29.8 Å². The Bertz CT molecular complexity index is 1220. The van der Waals surface area contributed by atoms with Crippen molar-refractivity contribution in [2.24, 2.45) is 5.92 Å². The maximum absolute atomic E-state index is 13.4. The summed E-state index contributed by atoms with van der Waals surface area (Å²) in [5.74, 6) is 0.940. The molecule has 1 unspecified atom stereocenters. The molecule has 8 heteroatoms. The van der Waals surface area contributed by atoms with Crippen LogP contribution >= 0.6 is 0 Å². The standard InChI is InChI=1S/C23H24N4O4/c1-31-18-8-6-16(7-9-18)20-13-25-12-19(22(29)26-10-2-3-17(26)14-28)24-21(25)23(30)27(20)11-15-4-5-15/h2-3,6-9,12-13,15,17,28H,4-5,10-11,14H2,1H3. The quantitative estimate of drug-likeness (QED) is 0.616. The normalized spacial score (nSPS) is 18.1. The van der Waals surface area contributed by atoms with E-state index in [-0.39, 0.29) is 35.5 Å². The topological polar surface area (TPSA) is 89.1 Å². The lowest BCUT2D eigenvalue weighted by Gasteiger charge is -2.21. The number of ether oxygens (including phenoxy) is 1. The largest absolute Gasteiger partial charge is 0.497 e. The first kappa shape index (κ1) is 19.6. The van der Waals surface area contributed by atoms with Crippen molar-refractivity contribution in [3.8, 4) is 17.0 Å². The second-order valence-electron chi connectivity index (χ2n) is 8.09. The Morgan fingerprint density at radius 1 is 1.23 bits per heavy atom. The molecule has 3 aromatic rings. The molecule has 0 saturated heterocycles. The van der Waals surface area contributed by atoms with Crippen molar-refractivity contribution < 1.29 is 14.6 Å². The van der Waals surface area contributed by atoms with Gasteiger partial charge in [-0.15, -0.1) is 0 Å². The average Bonchev–Trinajstić information content (AvgIpc) is 3.31. The molecule has 1 aliphatic carbocycles. The molecule has 1 fully saturated rings. The van der Waals surface area contributed by atoms with Gasteiger partial charge >= 0.3 is 0 Å². The lowest BCUT2D eigenvalue weighted by molar-refractivity contribution is 0.0695. The number of benzene rings is 1. The number of aliphatic hydroxyl groups is 1. The zero-order chi connectivity index (χ0) is 21.5. The molecule has 1 N–H and O–H groups in total. The summed E-state index contributed by atoms with van der Waals surface area (Å²) in [6, 6.07) is 7.22. The zero-order valence-corrected chi connectivity index (χ0v) is 17.3. The van der Waals surface area contributed by atoms with E-state index in [1.165, 1.54) is 0 Å². The van der Waals surface area contributed by atoms with E-state index in [9.17, 15) is 14.7 Å². The number of hydrogen-bond acceptors (Lipinski definition) is 5. The van der Waals surface area contributed by atoms with Crippen LogP contribution < -0.4 is 10.3 Å². The Kier molecular flexibility index (Phi) is 4.86. The molecule has 1 aromatic carbocycles. The third kappa shape index (κ3) is 3.53. The Morgan fingerprint density at radius 3 is 2.68 bits per heavy atom. The number of imidazole rings is 1. The van der Waals surface area contributed by atoms with Crippen LogP contribution in [0.3, 0.4) is 0 Å². The molecule has 2 aliphatic rings. The Labute approximate surface area is 179 Å². The Balaban J connectivity index is 1.59. The van der Waals surface area contributed by atoms with Crippen LogP contribution in [0.1, 0.15) is 23.3 Å². The van der Waals surface area contributed by atoms with Gasteiger partial charge in [0.25, 0.3) is 11.5 Å². The van der Waals surface area contributed by atoms with E-state index in [0.29, 0.717) is 19.0 Å². The van der Waals surface area contributed by atoms with E-state index in [4.69, 9.17) is 4.74 Å². The summed E-state index contributed by atoms with van der Waals surface area (Å²) in [5, 5.41) is 9.51. The molecule has 1 atom stereocenters. The van der Waals surface area contributed by atoms with Crippen LogP contribution in [0.4, 0.5) is 0 Å². The summed E-state index contributed by atoms with van der Waals surface area (Å²) in [4.78, 5) is 32.3. The molecule has 5 rings (SSSR count). The lowest BCUT2D eigenvalue weighted by atomic mass is 10.1. The van der Waals surface area contributed by atoms with Crippen molar-refractivity contribution in [1.82, 2.24) is 18.9 Å². The summed E-state index contributed by atoms with van der Waals surface area (Å²) in [6.07, 6.45) is 9.33. The lowest BCUT2D eigenvalue weighted by Crippen LogP contribution is -2.38. The molecule has 8 nitrogen and oxygen atoms in total. The number of methoxy groups -OCH3 is 1. The van der Waals surface area contributed by atoms with Crippen LogP contribution in [0.15, 0.2) is 53.6 Å². The molecule has 2 aromatic heterocycles. The van der Waals surface area contributed by atoms with Gasteiger partial charge in [-0.25, -0.2) is 4.98 Å². The predicted octanol–water partition coefficient (Wildman–Crippen LogP) is 1.95. The van der Waals surface area contributed by atoms with Crippen LogP contribution in [0.2, 0.25) is 0 Å². The number of nitrogens with zero attached hydrogens (tertiary/aromatic N) is 4. The minimum Gasteiger partial charge on any atom is -0.497 e. The number of carbonyl (C=O) groups is 1. The highest BCUT2D eigenvalue weighted by atomic mass is 16.5. The third-order valence-electron chi connectivity index (χ3n) is 5.97. The van der Waals surface area contributed by atoms with Crippen LogP contribution in [0.5, 0.6) is 5.75 Å². The first-order chi connectivity index (χ1) is 15.1.